The summed E-state index contributed by atoms with van der Waals surface area (Å²) in [6.07, 6.45) is 1.29. The summed E-state index contributed by atoms with van der Waals surface area (Å²) in [5, 5.41) is 10.0. The van der Waals surface area contributed by atoms with E-state index in [4.69, 9.17) is 14.2 Å². The number of nitrogens with one attached hydrogen (secondary N) is 2. The minimum Gasteiger partial charge on any atom is -0.493 e. The zero-order chi connectivity index (χ0) is 23.4. The Kier molecular flexibility index (Phi) is 6.45. The number of amides is 1. The molecule has 170 valence electrons. The number of para-hydroxylation sites is 1. The number of methoxy groups -OCH3 is 3. The smallest absolute Gasteiger partial charge is 0.269 e. The molecule has 0 saturated heterocycles. The number of hydrogen-bond acceptors (Lipinski definition) is 9. The number of H-pyrrole nitrogens is 1. The summed E-state index contributed by atoms with van der Waals surface area (Å²) < 4.78 is 17.2. The summed E-state index contributed by atoms with van der Waals surface area (Å²) in [4.78, 5) is 34.4. The first-order valence-electron chi connectivity index (χ1n) is 9.66. The van der Waals surface area contributed by atoms with Crippen LogP contribution in [0.25, 0.3) is 16.9 Å². The third-order valence-electron chi connectivity index (χ3n) is 4.64. The van der Waals surface area contributed by atoms with Crippen LogP contribution in [0.1, 0.15) is 0 Å². The molecule has 33 heavy (non-hydrogen) atoms. The number of carbonyl (C=O) groups is 1. The van der Waals surface area contributed by atoms with Crippen molar-refractivity contribution in [2.24, 2.45) is 0 Å². The summed E-state index contributed by atoms with van der Waals surface area (Å²) in [6, 6.07) is 10.2. The largest absolute Gasteiger partial charge is 0.493 e. The Morgan fingerprint density at radius 1 is 1.12 bits per heavy atom. The molecular weight excluding hydrogens is 448 g/mol. The van der Waals surface area contributed by atoms with Crippen molar-refractivity contribution in [1.82, 2.24) is 24.7 Å². The molecular formula is C21H20N6O5S. The lowest BCUT2D eigenvalue weighted by molar-refractivity contribution is -0.113. The first-order valence-corrected chi connectivity index (χ1v) is 10.6. The lowest BCUT2D eigenvalue weighted by Gasteiger charge is -2.15. The van der Waals surface area contributed by atoms with Crippen molar-refractivity contribution >= 4 is 34.3 Å². The molecule has 0 aliphatic carbocycles. The molecule has 2 heterocycles. The van der Waals surface area contributed by atoms with Gasteiger partial charge in [0.2, 0.25) is 17.6 Å². The van der Waals surface area contributed by atoms with E-state index >= 15 is 0 Å². The van der Waals surface area contributed by atoms with Gasteiger partial charge in [0.25, 0.3) is 5.56 Å². The Morgan fingerprint density at radius 3 is 2.48 bits per heavy atom. The number of aromatic amines is 1. The molecule has 0 bridgehead atoms. The minimum absolute atomic E-state index is 0.0183. The molecule has 12 heteroatoms. The van der Waals surface area contributed by atoms with E-state index in [1.54, 1.807) is 36.4 Å². The van der Waals surface area contributed by atoms with E-state index in [0.717, 1.165) is 11.8 Å². The van der Waals surface area contributed by atoms with Crippen molar-refractivity contribution in [2.45, 2.75) is 5.16 Å². The lowest BCUT2D eigenvalue weighted by atomic mass is 10.2. The van der Waals surface area contributed by atoms with Crippen molar-refractivity contribution in [3.63, 3.8) is 0 Å². The molecule has 0 aliphatic heterocycles. The number of thioether (sulfide) groups is 1. The number of anilines is 1. The topological polar surface area (TPSA) is 133 Å². The molecule has 0 atom stereocenters. The second kappa shape index (κ2) is 9.61. The highest BCUT2D eigenvalue weighted by molar-refractivity contribution is 7.99. The van der Waals surface area contributed by atoms with Gasteiger partial charge in [0.1, 0.15) is 6.33 Å². The summed E-state index contributed by atoms with van der Waals surface area (Å²) in [5.74, 6) is 1.12. The number of fused-ring (bicyclic) bond motifs is 1. The second-order valence-corrected chi connectivity index (χ2v) is 7.55. The van der Waals surface area contributed by atoms with E-state index in [2.05, 4.69) is 25.5 Å². The number of ether oxygens (including phenoxy) is 3. The molecule has 2 N–H and O–H groups in total. The number of rotatable bonds is 8. The van der Waals surface area contributed by atoms with E-state index in [9.17, 15) is 9.59 Å². The standard InChI is InChI=1S/C21H20N6O5S/c1-30-15-8-12(9-16(31-2)18(15)32-3)24-17(28)10-33-21-25-14-7-5-4-6-13(14)19(29)27(21)20-22-11-23-26-20/h4-9,11H,10H2,1-3H3,(H,24,28)(H,22,23,26). The summed E-state index contributed by atoms with van der Waals surface area (Å²) in [6.45, 7) is 0. The van der Waals surface area contributed by atoms with Crippen LogP contribution in [0.2, 0.25) is 0 Å². The number of benzene rings is 2. The van der Waals surface area contributed by atoms with Gasteiger partial charge in [0, 0.05) is 17.8 Å². The highest BCUT2D eigenvalue weighted by Gasteiger charge is 2.18. The Bertz CT molecular complexity index is 1330. The second-order valence-electron chi connectivity index (χ2n) is 6.61. The van der Waals surface area contributed by atoms with Gasteiger partial charge in [-0.3, -0.25) is 9.59 Å². The van der Waals surface area contributed by atoms with Crippen LogP contribution in [0.15, 0.2) is 52.7 Å². The van der Waals surface area contributed by atoms with E-state index in [0.29, 0.717) is 39.0 Å². The average molecular weight is 468 g/mol. The van der Waals surface area contributed by atoms with Crippen molar-refractivity contribution in [3.05, 3.63) is 53.1 Å². The highest BCUT2D eigenvalue weighted by atomic mass is 32.2. The van der Waals surface area contributed by atoms with Gasteiger partial charge in [-0.1, -0.05) is 23.9 Å². The Balaban J connectivity index is 1.60. The van der Waals surface area contributed by atoms with Crippen LogP contribution in [-0.2, 0) is 4.79 Å². The third kappa shape index (κ3) is 4.46. The van der Waals surface area contributed by atoms with Crippen LogP contribution in [0, 0.1) is 0 Å². The van der Waals surface area contributed by atoms with Crippen molar-refractivity contribution < 1.29 is 19.0 Å². The van der Waals surface area contributed by atoms with Gasteiger partial charge in [-0.2, -0.15) is 10.1 Å². The molecule has 0 spiro atoms. The average Bonchev–Trinajstić information content (AvgIpc) is 3.36. The molecule has 2 aromatic carbocycles. The van der Waals surface area contributed by atoms with Crippen LogP contribution in [-0.4, -0.2) is 57.7 Å². The molecule has 11 nitrogen and oxygen atoms in total. The van der Waals surface area contributed by atoms with E-state index < -0.39 is 0 Å². The number of carbonyl (C=O) groups excluding carboxylic acids is 1. The maximum atomic E-state index is 13.1. The van der Waals surface area contributed by atoms with Gasteiger partial charge < -0.3 is 19.5 Å². The van der Waals surface area contributed by atoms with E-state index in [-0.39, 0.29) is 23.2 Å². The van der Waals surface area contributed by atoms with Gasteiger partial charge in [-0.25, -0.2) is 14.6 Å². The third-order valence-corrected chi connectivity index (χ3v) is 5.58. The fourth-order valence-corrected chi connectivity index (χ4v) is 3.98. The van der Waals surface area contributed by atoms with Crippen molar-refractivity contribution in [3.8, 4) is 23.2 Å². The maximum absolute atomic E-state index is 13.1. The fraction of sp³-hybridized carbons (Fsp3) is 0.190. The van der Waals surface area contributed by atoms with Crippen molar-refractivity contribution in [2.75, 3.05) is 32.4 Å². The van der Waals surface area contributed by atoms with E-state index in [1.807, 2.05) is 0 Å². The van der Waals surface area contributed by atoms with Crippen molar-refractivity contribution in [1.29, 1.82) is 0 Å². The summed E-state index contributed by atoms with van der Waals surface area (Å²) >= 11 is 1.09. The van der Waals surface area contributed by atoms with Gasteiger partial charge in [0.15, 0.2) is 16.7 Å². The molecule has 0 radical (unpaired) electrons. The maximum Gasteiger partial charge on any atom is 0.269 e. The van der Waals surface area contributed by atoms with Gasteiger partial charge in [-0.05, 0) is 12.1 Å². The molecule has 4 rings (SSSR count). The monoisotopic (exact) mass is 468 g/mol. The van der Waals surface area contributed by atoms with Crippen LogP contribution < -0.4 is 25.1 Å². The fourth-order valence-electron chi connectivity index (χ4n) is 3.18. The molecule has 1 amide bonds. The molecule has 4 aromatic rings. The number of hydrogen-bond donors (Lipinski definition) is 2. The predicted octanol–water partition coefficient (Wildman–Crippen LogP) is 2.26. The molecule has 0 unspecified atom stereocenters. The quantitative estimate of drug-likeness (QED) is 0.295. The van der Waals surface area contributed by atoms with Crippen LogP contribution >= 0.6 is 11.8 Å². The Labute approximate surface area is 192 Å². The predicted molar refractivity (Wildman–Crippen MR) is 123 cm³/mol. The van der Waals surface area contributed by atoms with Gasteiger partial charge >= 0.3 is 0 Å². The summed E-state index contributed by atoms with van der Waals surface area (Å²) in [5.41, 5.74) is 0.671. The lowest BCUT2D eigenvalue weighted by Crippen LogP contribution is -2.24. The number of nitrogens with zero attached hydrogens (tertiary/aromatic N) is 4. The molecule has 2 aromatic heterocycles. The van der Waals surface area contributed by atoms with Gasteiger partial charge in [-0.15, -0.1) is 0 Å². The number of aromatic nitrogens is 5. The van der Waals surface area contributed by atoms with Crippen LogP contribution in [0.5, 0.6) is 17.2 Å². The normalized spacial score (nSPS) is 10.8. The first kappa shape index (κ1) is 22.1. The Hall–Kier alpha value is -4.06. The molecule has 0 saturated carbocycles. The van der Waals surface area contributed by atoms with Crippen LogP contribution in [0.4, 0.5) is 5.69 Å². The molecule has 0 aliphatic rings. The van der Waals surface area contributed by atoms with Crippen LogP contribution in [0.3, 0.4) is 0 Å². The first-order chi connectivity index (χ1) is 16.0. The molecule has 0 fully saturated rings. The zero-order valence-electron chi connectivity index (χ0n) is 18.0. The van der Waals surface area contributed by atoms with E-state index in [1.165, 1.54) is 32.2 Å². The highest BCUT2D eigenvalue weighted by Crippen LogP contribution is 2.40. The Morgan fingerprint density at radius 2 is 1.85 bits per heavy atom. The SMILES string of the molecule is COc1cc(NC(=O)CSc2nc3ccccc3c(=O)n2-c2ncn[nH]2)cc(OC)c1OC. The zero-order valence-corrected chi connectivity index (χ0v) is 18.8. The van der Waals surface area contributed by atoms with Gasteiger partial charge in [0.05, 0.1) is 38.0 Å². The summed E-state index contributed by atoms with van der Waals surface area (Å²) in [7, 11) is 4.49. The minimum atomic E-state index is -0.319.